The Hall–Kier alpha value is -2.34. The molecule has 0 saturated carbocycles. The van der Waals surface area contributed by atoms with Gasteiger partial charge < -0.3 is 5.32 Å². The van der Waals surface area contributed by atoms with Crippen LogP contribution in [0.5, 0.6) is 0 Å². The molecule has 0 aliphatic carbocycles. The largest absolute Gasteiger partial charge is 0.382 e. The number of anilines is 1. The summed E-state index contributed by atoms with van der Waals surface area (Å²) in [5.74, 6) is 0. The zero-order valence-electron chi connectivity index (χ0n) is 12.1. The SMILES string of the molecule is Cc1ccc(CCCNc2cc(Cl)cn3c(=O)[nH]nc23)cn1. The fourth-order valence-electron chi connectivity index (χ4n) is 2.27. The standard InChI is InChI=1S/C15H16ClN5O/c1-10-4-5-11(8-18-10)3-2-6-17-13-7-12(16)9-21-14(13)19-20-15(21)22/h4-5,7-9,17H,2-3,6H2,1H3,(H,20,22). The number of H-pyrrole nitrogens is 1. The quantitative estimate of drug-likeness (QED) is 0.709. The third-order valence-electron chi connectivity index (χ3n) is 3.41. The van der Waals surface area contributed by atoms with Crippen LogP contribution in [-0.2, 0) is 6.42 Å². The molecule has 0 spiro atoms. The number of pyridine rings is 2. The molecule has 2 N–H and O–H groups in total. The molecule has 0 unspecified atom stereocenters. The van der Waals surface area contributed by atoms with E-state index in [1.54, 1.807) is 12.3 Å². The van der Waals surface area contributed by atoms with Crippen LogP contribution in [0.1, 0.15) is 17.7 Å². The third kappa shape index (κ3) is 3.12. The second-order valence-corrected chi connectivity index (χ2v) is 5.57. The highest BCUT2D eigenvalue weighted by atomic mass is 35.5. The highest BCUT2D eigenvalue weighted by Gasteiger charge is 2.07. The van der Waals surface area contributed by atoms with E-state index in [0.29, 0.717) is 10.7 Å². The predicted octanol–water partition coefficient (Wildman–Crippen LogP) is 2.42. The van der Waals surface area contributed by atoms with Crippen molar-refractivity contribution in [3.63, 3.8) is 0 Å². The van der Waals surface area contributed by atoms with Gasteiger partial charge in [0.05, 0.1) is 10.7 Å². The number of aryl methyl sites for hydroxylation is 2. The summed E-state index contributed by atoms with van der Waals surface area (Å²) >= 11 is 6.03. The van der Waals surface area contributed by atoms with Crippen molar-refractivity contribution < 1.29 is 0 Å². The lowest BCUT2D eigenvalue weighted by Crippen LogP contribution is -2.10. The van der Waals surface area contributed by atoms with Gasteiger partial charge in [0.1, 0.15) is 0 Å². The molecule has 6 nitrogen and oxygen atoms in total. The second kappa shape index (κ2) is 6.19. The van der Waals surface area contributed by atoms with Crippen LogP contribution in [0.2, 0.25) is 5.02 Å². The third-order valence-corrected chi connectivity index (χ3v) is 3.62. The number of aromatic amines is 1. The number of hydrogen-bond acceptors (Lipinski definition) is 4. The summed E-state index contributed by atoms with van der Waals surface area (Å²) in [6.45, 7) is 2.73. The van der Waals surface area contributed by atoms with Gasteiger partial charge in [0, 0.05) is 24.6 Å². The van der Waals surface area contributed by atoms with Gasteiger partial charge in [-0.25, -0.2) is 14.3 Å². The van der Waals surface area contributed by atoms with Gasteiger partial charge in [-0.2, -0.15) is 5.10 Å². The smallest absolute Gasteiger partial charge is 0.347 e. The summed E-state index contributed by atoms with van der Waals surface area (Å²) in [6.07, 6.45) is 5.33. The van der Waals surface area contributed by atoms with Crippen LogP contribution in [0, 0.1) is 6.92 Å². The molecular formula is C15H16ClN5O. The first-order valence-electron chi connectivity index (χ1n) is 7.05. The van der Waals surface area contributed by atoms with Crippen LogP contribution in [0.25, 0.3) is 5.65 Å². The van der Waals surface area contributed by atoms with Crippen LogP contribution < -0.4 is 11.0 Å². The first kappa shape index (κ1) is 14.6. The Morgan fingerprint density at radius 2 is 2.27 bits per heavy atom. The molecule has 0 fully saturated rings. The molecular weight excluding hydrogens is 302 g/mol. The summed E-state index contributed by atoms with van der Waals surface area (Å²) in [7, 11) is 0. The number of nitrogens with zero attached hydrogens (tertiary/aromatic N) is 3. The van der Waals surface area contributed by atoms with Crippen molar-refractivity contribution in [3.8, 4) is 0 Å². The van der Waals surface area contributed by atoms with Gasteiger partial charge in [-0.1, -0.05) is 17.7 Å². The Balaban J connectivity index is 1.64. The van der Waals surface area contributed by atoms with Crippen molar-refractivity contribution in [3.05, 3.63) is 57.4 Å². The maximum atomic E-state index is 11.6. The maximum Gasteiger partial charge on any atom is 0.347 e. The molecule has 3 aromatic rings. The molecule has 7 heteroatoms. The minimum atomic E-state index is -0.300. The highest BCUT2D eigenvalue weighted by molar-refractivity contribution is 6.30. The van der Waals surface area contributed by atoms with E-state index >= 15 is 0 Å². The molecule has 3 heterocycles. The molecule has 0 radical (unpaired) electrons. The summed E-state index contributed by atoms with van der Waals surface area (Å²) in [5, 5.41) is 10.2. The summed E-state index contributed by atoms with van der Waals surface area (Å²) < 4.78 is 1.40. The van der Waals surface area contributed by atoms with E-state index in [9.17, 15) is 4.79 Å². The lowest BCUT2D eigenvalue weighted by Gasteiger charge is -2.08. The van der Waals surface area contributed by atoms with Crippen LogP contribution in [0.3, 0.4) is 0 Å². The minimum absolute atomic E-state index is 0.300. The lowest BCUT2D eigenvalue weighted by atomic mass is 10.1. The first-order chi connectivity index (χ1) is 10.6. The fraction of sp³-hybridized carbons (Fsp3) is 0.267. The van der Waals surface area contributed by atoms with Gasteiger partial charge in [-0.15, -0.1) is 0 Å². The number of aromatic nitrogens is 4. The Labute approximate surface area is 132 Å². The molecule has 0 saturated heterocycles. The number of rotatable bonds is 5. The van der Waals surface area contributed by atoms with E-state index in [1.807, 2.05) is 19.2 Å². The van der Waals surface area contributed by atoms with Crippen molar-refractivity contribution in [1.82, 2.24) is 19.6 Å². The van der Waals surface area contributed by atoms with Crippen molar-refractivity contribution >= 4 is 22.9 Å². The van der Waals surface area contributed by atoms with E-state index in [2.05, 4.69) is 26.6 Å². The Bertz CT molecular complexity index is 837. The van der Waals surface area contributed by atoms with Crippen molar-refractivity contribution in [2.24, 2.45) is 0 Å². The topological polar surface area (TPSA) is 75.1 Å². The Morgan fingerprint density at radius 3 is 3.05 bits per heavy atom. The van der Waals surface area contributed by atoms with Crippen molar-refractivity contribution in [2.45, 2.75) is 19.8 Å². The average Bonchev–Trinajstić information content (AvgIpc) is 2.87. The number of halogens is 1. The molecule has 3 aromatic heterocycles. The van der Waals surface area contributed by atoms with E-state index in [0.717, 1.165) is 30.8 Å². The van der Waals surface area contributed by atoms with Gasteiger partial charge in [0.25, 0.3) is 0 Å². The maximum absolute atomic E-state index is 11.6. The molecule has 0 aliphatic rings. The molecule has 0 atom stereocenters. The van der Waals surface area contributed by atoms with Gasteiger partial charge >= 0.3 is 5.69 Å². The van der Waals surface area contributed by atoms with E-state index in [4.69, 9.17) is 11.6 Å². The second-order valence-electron chi connectivity index (χ2n) is 5.13. The number of fused-ring (bicyclic) bond motifs is 1. The van der Waals surface area contributed by atoms with Crippen LogP contribution in [0.4, 0.5) is 5.69 Å². The van der Waals surface area contributed by atoms with Gasteiger partial charge in [0.15, 0.2) is 5.65 Å². The highest BCUT2D eigenvalue weighted by Crippen LogP contribution is 2.19. The molecule has 22 heavy (non-hydrogen) atoms. The minimum Gasteiger partial charge on any atom is -0.382 e. The molecule has 3 rings (SSSR count). The predicted molar refractivity (Wildman–Crippen MR) is 86.6 cm³/mol. The summed E-state index contributed by atoms with van der Waals surface area (Å²) in [5.41, 5.74) is 3.22. The van der Waals surface area contributed by atoms with Crippen LogP contribution >= 0.6 is 11.6 Å². The number of hydrogen-bond donors (Lipinski definition) is 2. The fourth-order valence-corrected chi connectivity index (χ4v) is 2.48. The van der Waals surface area contributed by atoms with Crippen LogP contribution in [-0.4, -0.2) is 26.1 Å². The van der Waals surface area contributed by atoms with E-state index in [1.165, 1.54) is 9.96 Å². The summed E-state index contributed by atoms with van der Waals surface area (Å²) in [4.78, 5) is 15.9. The lowest BCUT2D eigenvalue weighted by molar-refractivity contribution is 0.856. The Morgan fingerprint density at radius 1 is 1.41 bits per heavy atom. The van der Waals surface area contributed by atoms with Gasteiger partial charge in [0.2, 0.25) is 0 Å². The normalized spacial score (nSPS) is 11.0. The summed E-state index contributed by atoms with van der Waals surface area (Å²) in [6, 6.07) is 5.87. The van der Waals surface area contributed by atoms with Crippen molar-refractivity contribution in [1.29, 1.82) is 0 Å². The Kier molecular flexibility index (Phi) is 4.11. The van der Waals surface area contributed by atoms with Gasteiger partial charge in [-0.05, 0) is 37.5 Å². The molecule has 0 bridgehead atoms. The molecule has 0 aliphatic heterocycles. The van der Waals surface area contributed by atoms with E-state index < -0.39 is 0 Å². The average molecular weight is 318 g/mol. The molecule has 114 valence electrons. The van der Waals surface area contributed by atoms with E-state index in [-0.39, 0.29) is 5.69 Å². The first-order valence-corrected chi connectivity index (χ1v) is 7.43. The monoisotopic (exact) mass is 317 g/mol. The molecule has 0 amide bonds. The zero-order chi connectivity index (χ0) is 15.5. The molecule has 0 aromatic carbocycles. The number of nitrogens with one attached hydrogen (secondary N) is 2. The van der Waals surface area contributed by atoms with Crippen molar-refractivity contribution in [2.75, 3.05) is 11.9 Å². The zero-order valence-corrected chi connectivity index (χ0v) is 12.9. The van der Waals surface area contributed by atoms with Gasteiger partial charge in [-0.3, -0.25) is 4.98 Å². The van der Waals surface area contributed by atoms with Crippen LogP contribution in [0.15, 0.2) is 35.4 Å².